The minimum absolute atomic E-state index is 0.0474. The van der Waals surface area contributed by atoms with Crippen LogP contribution in [0.5, 0.6) is 0 Å². The maximum atomic E-state index is 12.4. The molecule has 1 atom stereocenters. The fourth-order valence-corrected chi connectivity index (χ4v) is 2.54. The van der Waals surface area contributed by atoms with Crippen molar-refractivity contribution in [1.82, 2.24) is 5.32 Å². The molecular formula is C19H23N5O2. The van der Waals surface area contributed by atoms with E-state index in [4.69, 9.17) is 11.5 Å². The van der Waals surface area contributed by atoms with E-state index >= 15 is 0 Å². The Morgan fingerprint density at radius 3 is 2.42 bits per heavy atom. The molecule has 2 aromatic rings. The van der Waals surface area contributed by atoms with E-state index in [0.717, 1.165) is 5.56 Å². The maximum Gasteiger partial charge on any atom is 0.255 e. The summed E-state index contributed by atoms with van der Waals surface area (Å²) in [6.45, 7) is 3.44. The van der Waals surface area contributed by atoms with Gasteiger partial charge in [0, 0.05) is 24.2 Å². The monoisotopic (exact) mass is 353 g/mol. The second-order valence-electron chi connectivity index (χ2n) is 6.04. The highest BCUT2D eigenvalue weighted by Gasteiger charge is 2.08. The van der Waals surface area contributed by atoms with Gasteiger partial charge in [-0.25, -0.2) is 4.99 Å². The molecule has 0 saturated heterocycles. The lowest BCUT2D eigenvalue weighted by Crippen LogP contribution is -2.31. The Bertz CT molecular complexity index is 811. The molecule has 26 heavy (non-hydrogen) atoms. The summed E-state index contributed by atoms with van der Waals surface area (Å²) in [5.41, 5.74) is 13.4. The molecule has 2 rings (SSSR count). The van der Waals surface area contributed by atoms with Crippen molar-refractivity contribution in [2.75, 3.05) is 5.32 Å². The Labute approximate surface area is 152 Å². The van der Waals surface area contributed by atoms with E-state index in [0.29, 0.717) is 23.4 Å². The van der Waals surface area contributed by atoms with Crippen LogP contribution in [-0.4, -0.2) is 23.8 Å². The fraction of sp³-hybridized carbons (Fsp3) is 0.211. The average molecular weight is 353 g/mol. The number of benzene rings is 2. The Morgan fingerprint density at radius 1 is 1.12 bits per heavy atom. The molecule has 6 N–H and O–H groups in total. The molecule has 0 heterocycles. The van der Waals surface area contributed by atoms with E-state index in [-0.39, 0.29) is 23.8 Å². The molecule has 0 aliphatic rings. The zero-order valence-corrected chi connectivity index (χ0v) is 14.8. The zero-order chi connectivity index (χ0) is 19.1. The van der Waals surface area contributed by atoms with E-state index in [9.17, 15) is 9.59 Å². The second kappa shape index (κ2) is 8.66. The first kappa shape index (κ1) is 19.0. The van der Waals surface area contributed by atoms with Crippen molar-refractivity contribution in [2.45, 2.75) is 26.3 Å². The molecule has 0 radical (unpaired) electrons. The first-order valence-corrected chi connectivity index (χ1v) is 8.20. The minimum Gasteiger partial charge on any atom is -0.370 e. The number of nitrogens with two attached hydrogens (primary N) is 2. The molecule has 7 nitrogen and oxygen atoms in total. The molecule has 7 heteroatoms. The summed E-state index contributed by atoms with van der Waals surface area (Å²) in [6.07, 6.45) is 0.717. The van der Waals surface area contributed by atoms with E-state index in [1.807, 2.05) is 31.2 Å². The number of amides is 2. The summed E-state index contributed by atoms with van der Waals surface area (Å²) >= 11 is 0. The lowest BCUT2D eigenvalue weighted by molar-refractivity contribution is -0.119. The van der Waals surface area contributed by atoms with Gasteiger partial charge in [-0.15, -0.1) is 0 Å². The highest BCUT2D eigenvalue weighted by atomic mass is 16.2. The highest BCUT2D eigenvalue weighted by molar-refractivity contribution is 6.04. The normalized spacial score (nSPS) is 11.3. The minimum atomic E-state index is -0.253. The summed E-state index contributed by atoms with van der Waals surface area (Å²) in [7, 11) is 0. The maximum absolute atomic E-state index is 12.4. The van der Waals surface area contributed by atoms with Crippen molar-refractivity contribution in [2.24, 2.45) is 16.5 Å². The predicted octanol–water partition coefficient (Wildman–Crippen LogP) is 1.91. The number of carbonyl (C=O) groups is 2. The average Bonchev–Trinajstić information content (AvgIpc) is 2.55. The number of anilines is 1. The van der Waals surface area contributed by atoms with Gasteiger partial charge in [-0.3, -0.25) is 9.59 Å². The lowest BCUT2D eigenvalue weighted by atomic mass is 10.1. The van der Waals surface area contributed by atoms with Crippen LogP contribution in [-0.2, 0) is 11.2 Å². The van der Waals surface area contributed by atoms with Gasteiger partial charge >= 0.3 is 0 Å². The van der Waals surface area contributed by atoms with Crippen LogP contribution in [0.4, 0.5) is 11.4 Å². The molecule has 0 fully saturated rings. The number of hydrogen-bond donors (Lipinski definition) is 4. The van der Waals surface area contributed by atoms with Crippen LogP contribution in [0.15, 0.2) is 53.5 Å². The third-order valence-corrected chi connectivity index (χ3v) is 3.57. The highest BCUT2D eigenvalue weighted by Crippen LogP contribution is 2.16. The van der Waals surface area contributed by atoms with Gasteiger partial charge in [-0.05, 0) is 49.2 Å². The fourth-order valence-electron chi connectivity index (χ4n) is 2.54. The molecule has 2 amide bonds. The van der Waals surface area contributed by atoms with Crippen LogP contribution < -0.4 is 22.1 Å². The number of hydrogen-bond acceptors (Lipinski definition) is 3. The first-order valence-electron chi connectivity index (χ1n) is 8.20. The number of nitrogens with zero attached hydrogens (tertiary/aromatic N) is 1. The third kappa shape index (κ3) is 5.94. The van der Waals surface area contributed by atoms with Crippen molar-refractivity contribution < 1.29 is 9.59 Å². The van der Waals surface area contributed by atoms with E-state index < -0.39 is 0 Å². The number of guanidine groups is 1. The number of nitrogens with one attached hydrogen (secondary N) is 2. The van der Waals surface area contributed by atoms with Crippen molar-refractivity contribution in [3.63, 3.8) is 0 Å². The number of aliphatic imine (C=N–C) groups is 1. The second-order valence-corrected chi connectivity index (χ2v) is 6.04. The number of rotatable bonds is 6. The van der Waals surface area contributed by atoms with Gasteiger partial charge in [0.05, 0.1) is 5.69 Å². The molecule has 0 saturated carbocycles. The third-order valence-electron chi connectivity index (χ3n) is 3.57. The summed E-state index contributed by atoms with van der Waals surface area (Å²) in [6, 6.07) is 14.3. The summed E-state index contributed by atoms with van der Waals surface area (Å²) < 4.78 is 0. The van der Waals surface area contributed by atoms with Crippen molar-refractivity contribution in [3.05, 3.63) is 59.7 Å². The summed E-state index contributed by atoms with van der Waals surface area (Å²) in [5.74, 6) is -0.368. The molecule has 0 aliphatic heterocycles. The molecular weight excluding hydrogens is 330 g/mol. The van der Waals surface area contributed by atoms with Gasteiger partial charge in [-0.2, -0.15) is 0 Å². The molecule has 0 bridgehead atoms. The SMILES string of the molecule is CC(=O)NC(C)Cc1ccc(NC(=O)c2cccc(N=C(N)N)c2)cc1. The topological polar surface area (TPSA) is 123 Å². The molecule has 2 aromatic carbocycles. The van der Waals surface area contributed by atoms with Gasteiger partial charge in [-0.1, -0.05) is 18.2 Å². The first-order chi connectivity index (χ1) is 12.3. The smallest absolute Gasteiger partial charge is 0.255 e. The molecule has 0 spiro atoms. The molecule has 1 unspecified atom stereocenters. The van der Waals surface area contributed by atoms with Gasteiger partial charge in [0.2, 0.25) is 5.91 Å². The predicted molar refractivity (Wildman–Crippen MR) is 103 cm³/mol. The van der Waals surface area contributed by atoms with Crippen LogP contribution >= 0.6 is 0 Å². The van der Waals surface area contributed by atoms with Gasteiger partial charge in [0.25, 0.3) is 5.91 Å². The lowest BCUT2D eigenvalue weighted by Gasteiger charge is -2.13. The summed E-state index contributed by atoms with van der Waals surface area (Å²) in [5, 5.41) is 5.67. The largest absolute Gasteiger partial charge is 0.370 e. The van der Waals surface area contributed by atoms with Crippen molar-refractivity contribution >= 4 is 29.1 Å². The molecule has 136 valence electrons. The quantitative estimate of drug-likeness (QED) is 0.468. The van der Waals surface area contributed by atoms with Gasteiger partial charge < -0.3 is 22.1 Å². The Balaban J connectivity index is 2.01. The van der Waals surface area contributed by atoms with Crippen LogP contribution in [0.1, 0.15) is 29.8 Å². The zero-order valence-electron chi connectivity index (χ0n) is 14.8. The van der Waals surface area contributed by atoms with Crippen molar-refractivity contribution in [1.29, 1.82) is 0 Å². The molecule has 0 aliphatic carbocycles. The Morgan fingerprint density at radius 2 is 1.81 bits per heavy atom. The molecule has 0 aromatic heterocycles. The van der Waals surface area contributed by atoms with Gasteiger partial charge in [0.1, 0.15) is 0 Å². The van der Waals surface area contributed by atoms with Crippen LogP contribution in [0.3, 0.4) is 0 Å². The summed E-state index contributed by atoms with van der Waals surface area (Å²) in [4.78, 5) is 27.4. The number of carbonyl (C=O) groups excluding carboxylic acids is 2. The Kier molecular flexibility index (Phi) is 6.32. The van der Waals surface area contributed by atoms with Crippen LogP contribution in [0.2, 0.25) is 0 Å². The van der Waals surface area contributed by atoms with E-state index in [1.165, 1.54) is 6.92 Å². The van der Waals surface area contributed by atoms with Crippen molar-refractivity contribution in [3.8, 4) is 0 Å². The standard InChI is InChI=1S/C19H23N5O2/c1-12(22-13(2)25)10-14-6-8-16(9-7-14)23-18(26)15-4-3-5-17(11-15)24-19(20)21/h3-9,11-12H,10H2,1-2H3,(H,22,25)(H,23,26)(H4,20,21,24). The van der Waals surface area contributed by atoms with Gasteiger partial charge in [0.15, 0.2) is 5.96 Å². The Hall–Kier alpha value is -3.35. The van der Waals surface area contributed by atoms with E-state index in [2.05, 4.69) is 15.6 Å². The van der Waals surface area contributed by atoms with Crippen LogP contribution in [0.25, 0.3) is 0 Å². The van der Waals surface area contributed by atoms with E-state index in [1.54, 1.807) is 24.3 Å². The van der Waals surface area contributed by atoms with Crippen LogP contribution in [0, 0.1) is 0 Å².